The molecule has 0 saturated heterocycles. The van der Waals surface area contributed by atoms with Gasteiger partial charge >= 0.3 is 0 Å². The highest BCUT2D eigenvalue weighted by Gasteiger charge is 2.18. The Kier molecular flexibility index (Phi) is 4.81. The lowest BCUT2D eigenvalue weighted by Crippen LogP contribution is -2.08. The molecule has 156 valence electrons. The highest BCUT2D eigenvalue weighted by molar-refractivity contribution is 6.32. The molecule has 2 aromatic carbocycles. The summed E-state index contributed by atoms with van der Waals surface area (Å²) in [4.78, 5) is 13.7. The minimum atomic E-state index is 0.185. The van der Waals surface area contributed by atoms with Gasteiger partial charge in [0.25, 0.3) is 0 Å². The normalized spacial score (nSPS) is 10.9. The highest BCUT2D eigenvalue weighted by Crippen LogP contribution is 2.31. The van der Waals surface area contributed by atoms with Crippen LogP contribution in [0.25, 0.3) is 27.8 Å². The number of methoxy groups -OCH3 is 1. The van der Waals surface area contributed by atoms with E-state index >= 15 is 0 Å². The average molecular weight is 442 g/mol. The van der Waals surface area contributed by atoms with Crippen molar-refractivity contribution in [2.24, 2.45) is 0 Å². The van der Waals surface area contributed by atoms with E-state index in [0.29, 0.717) is 45.3 Å². The standard InChI is InChI=1S/C23H16ClN7O/c1-13-10-19(29-20-15(13)6-5-9-18(20)32-2)31-23(14(11-25)12-26-31)30-22-21(24)27-16-7-3-4-8-17(16)28-22/h3-10,12H,1-2H3,(H,28,30). The zero-order valence-corrected chi connectivity index (χ0v) is 17.9. The third kappa shape index (κ3) is 3.25. The number of anilines is 2. The molecule has 0 aliphatic heterocycles. The number of fused-ring (bicyclic) bond motifs is 2. The maximum Gasteiger partial charge on any atom is 0.172 e. The fourth-order valence-corrected chi connectivity index (χ4v) is 3.72. The molecule has 0 radical (unpaired) electrons. The molecule has 0 bridgehead atoms. The molecule has 3 heterocycles. The summed E-state index contributed by atoms with van der Waals surface area (Å²) in [5, 5.41) is 18.3. The Labute approximate surface area is 188 Å². The number of hydrogen-bond donors (Lipinski definition) is 1. The van der Waals surface area contributed by atoms with E-state index in [1.807, 2.05) is 55.5 Å². The number of hydrogen-bond acceptors (Lipinski definition) is 7. The van der Waals surface area contributed by atoms with Crippen LogP contribution in [-0.2, 0) is 0 Å². The second-order valence-corrected chi connectivity index (χ2v) is 7.42. The van der Waals surface area contributed by atoms with Crippen LogP contribution in [0.3, 0.4) is 0 Å². The third-order valence-corrected chi connectivity index (χ3v) is 5.35. The second kappa shape index (κ2) is 7.80. The van der Waals surface area contributed by atoms with Crippen LogP contribution in [0, 0.1) is 18.3 Å². The van der Waals surface area contributed by atoms with Crippen LogP contribution >= 0.6 is 11.6 Å². The molecule has 0 fully saturated rings. The Hall–Kier alpha value is -4.22. The topological polar surface area (TPSA) is 102 Å². The number of aryl methyl sites for hydroxylation is 1. The molecular weight excluding hydrogens is 426 g/mol. The van der Waals surface area contributed by atoms with E-state index in [9.17, 15) is 5.26 Å². The van der Waals surface area contributed by atoms with Crippen LogP contribution < -0.4 is 10.1 Å². The molecule has 0 aliphatic rings. The van der Waals surface area contributed by atoms with Crippen molar-refractivity contribution in [2.75, 3.05) is 12.4 Å². The number of halogens is 1. The van der Waals surface area contributed by atoms with E-state index in [1.165, 1.54) is 6.20 Å². The lowest BCUT2D eigenvalue weighted by molar-refractivity contribution is 0.419. The first-order valence-corrected chi connectivity index (χ1v) is 10.1. The van der Waals surface area contributed by atoms with Crippen molar-refractivity contribution in [3.8, 4) is 17.6 Å². The maximum absolute atomic E-state index is 9.65. The largest absolute Gasteiger partial charge is 0.494 e. The summed E-state index contributed by atoms with van der Waals surface area (Å²) in [6.07, 6.45) is 1.47. The number of ether oxygens (including phenoxy) is 1. The van der Waals surface area contributed by atoms with E-state index in [0.717, 1.165) is 10.9 Å². The van der Waals surface area contributed by atoms with Crippen LogP contribution in [0.4, 0.5) is 11.6 Å². The predicted molar refractivity (Wildman–Crippen MR) is 123 cm³/mol. The quantitative estimate of drug-likeness (QED) is 0.421. The zero-order chi connectivity index (χ0) is 22.2. The Morgan fingerprint density at radius 3 is 2.59 bits per heavy atom. The first-order chi connectivity index (χ1) is 15.6. The molecule has 32 heavy (non-hydrogen) atoms. The van der Waals surface area contributed by atoms with Crippen molar-refractivity contribution in [3.05, 3.63) is 71.0 Å². The summed E-state index contributed by atoms with van der Waals surface area (Å²) in [6, 6.07) is 17.2. The summed E-state index contributed by atoms with van der Waals surface area (Å²) < 4.78 is 7.03. The first kappa shape index (κ1) is 19.7. The van der Waals surface area contributed by atoms with Crippen molar-refractivity contribution >= 4 is 45.2 Å². The Bertz CT molecular complexity index is 1540. The predicted octanol–water partition coefficient (Wildman–Crippen LogP) is 4.95. The molecule has 0 spiro atoms. The van der Waals surface area contributed by atoms with E-state index in [1.54, 1.807) is 11.8 Å². The molecule has 0 saturated carbocycles. The van der Waals surface area contributed by atoms with Gasteiger partial charge in [-0.3, -0.25) is 0 Å². The van der Waals surface area contributed by atoms with Crippen molar-refractivity contribution < 1.29 is 4.74 Å². The number of rotatable bonds is 4. The van der Waals surface area contributed by atoms with Crippen LogP contribution in [-0.4, -0.2) is 31.8 Å². The van der Waals surface area contributed by atoms with Gasteiger partial charge in [0.05, 0.1) is 24.3 Å². The van der Waals surface area contributed by atoms with E-state index < -0.39 is 0 Å². The first-order valence-electron chi connectivity index (χ1n) is 9.71. The van der Waals surface area contributed by atoms with Gasteiger partial charge in [0.2, 0.25) is 0 Å². The molecule has 3 aromatic heterocycles. The molecule has 5 rings (SSSR count). The fraction of sp³-hybridized carbons (Fsp3) is 0.0870. The number of nitrogens with one attached hydrogen (secondary N) is 1. The lowest BCUT2D eigenvalue weighted by atomic mass is 10.1. The molecule has 0 aliphatic carbocycles. The zero-order valence-electron chi connectivity index (χ0n) is 17.2. The smallest absolute Gasteiger partial charge is 0.172 e. The van der Waals surface area contributed by atoms with Crippen LogP contribution in [0.1, 0.15) is 11.1 Å². The molecule has 0 atom stereocenters. The van der Waals surface area contributed by atoms with Crippen LogP contribution in [0.15, 0.2) is 54.7 Å². The van der Waals surface area contributed by atoms with Gasteiger partial charge in [0.15, 0.2) is 22.6 Å². The highest BCUT2D eigenvalue weighted by atomic mass is 35.5. The fourth-order valence-electron chi connectivity index (χ4n) is 3.54. The number of benzene rings is 2. The Morgan fingerprint density at radius 2 is 1.84 bits per heavy atom. The molecule has 0 unspecified atom stereocenters. The van der Waals surface area contributed by atoms with Gasteiger partial charge in [0, 0.05) is 5.39 Å². The summed E-state index contributed by atoms with van der Waals surface area (Å²) in [6.45, 7) is 1.99. The van der Waals surface area contributed by atoms with E-state index in [4.69, 9.17) is 21.3 Å². The van der Waals surface area contributed by atoms with Gasteiger partial charge in [0.1, 0.15) is 22.9 Å². The van der Waals surface area contributed by atoms with Gasteiger partial charge in [-0.2, -0.15) is 15.0 Å². The van der Waals surface area contributed by atoms with Crippen molar-refractivity contribution in [2.45, 2.75) is 6.92 Å². The summed E-state index contributed by atoms with van der Waals surface area (Å²) in [5.74, 6) is 1.88. The van der Waals surface area contributed by atoms with Crippen molar-refractivity contribution in [3.63, 3.8) is 0 Å². The minimum Gasteiger partial charge on any atom is -0.494 e. The molecule has 8 nitrogen and oxygen atoms in total. The van der Waals surface area contributed by atoms with Crippen LogP contribution in [0.5, 0.6) is 5.75 Å². The van der Waals surface area contributed by atoms with E-state index in [-0.39, 0.29) is 5.15 Å². The number of nitriles is 1. The molecule has 0 amide bonds. The van der Waals surface area contributed by atoms with Crippen LogP contribution in [0.2, 0.25) is 5.15 Å². The number of aromatic nitrogens is 5. The summed E-state index contributed by atoms with van der Waals surface area (Å²) in [7, 11) is 1.60. The van der Waals surface area contributed by atoms with Gasteiger partial charge in [-0.25, -0.2) is 15.0 Å². The third-order valence-electron chi connectivity index (χ3n) is 5.09. The number of pyridine rings is 1. The summed E-state index contributed by atoms with van der Waals surface area (Å²) >= 11 is 6.38. The van der Waals surface area contributed by atoms with Crippen molar-refractivity contribution in [1.82, 2.24) is 24.7 Å². The average Bonchev–Trinajstić information content (AvgIpc) is 3.21. The molecule has 9 heteroatoms. The maximum atomic E-state index is 9.65. The number of nitrogens with zero attached hydrogens (tertiary/aromatic N) is 6. The lowest BCUT2D eigenvalue weighted by Gasteiger charge is -2.13. The monoisotopic (exact) mass is 441 g/mol. The summed E-state index contributed by atoms with van der Waals surface area (Å²) in [5.41, 5.74) is 3.36. The van der Waals surface area contributed by atoms with Gasteiger partial charge in [-0.05, 0) is 36.8 Å². The minimum absolute atomic E-state index is 0.185. The Balaban J connectivity index is 1.67. The van der Waals surface area contributed by atoms with Crippen molar-refractivity contribution in [1.29, 1.82) is 5.26 Å². The number of para-hydroxylation sites is 3. The molecular formula is C23H16ClN7O. The molecule has 1 N–H and O–H groups in total. The van der Waals surface area contributed by atoms with Gasteiger partial charge in [-0.15, -0.1) is 0 Å². The second-order valence-electron chi connectivity index (χ2n) is 7.06. The van der Waals surface area contributed by atoms with Gasteiger partial charge < -0.3 is 10.1 Å². The molecule has 5 aromatic rings. The van der Waals surface area contributed by atoms with E-state index in [2.05, 4.69) is 26.5 Å². The Morgan fingerprint density at radius 1 is 1.06 bits per heavy atom. The van der Waals surface area contributed by atoms with Gasteiger partial charge in [-0.1, -0.05) is 35.9 Å². The SMILES string of the molecule is COc1cccc2c(C)cc(-n3ncc(C#N)c3Nc3nc4ccccc4nc3Cl)nc12.